The van der Waals surface area contributed by atoms with Crippen LogP contribution in [-0.2, 0) is 18.0 Å². The summed E-state index contributed by atoms with van der Waals surface area (Å²) in [5, 5.41) is 0. The molecular weight excluding hydrogens is 228 g/mol. The molecule has 0 rings (SSSR count). The minimum absolute atomic E-state index is 0.243. The number of hydrogen-bond acceptors (Lipinski definition) is 5. The highest BCUT2D eigenvalue weighted by atomic mass is 35.5. The van der Waals surface area contributed by atoms with Gasteiger partial charge in [0.15, 0.2) is 0 Å². The molecule has 0 aliphatic rings. The summed E-state index contributed by atoms with van der Waals surface area (Å²) in [4.78, 5) is 10.2. The maximum absolute atomic E-state index is 10.2. The zero-order valence-electron chi connectivity index (χ0n) is 8.54. The molecule has 0 aromatic rings. The highest BCUT2D eigenvalue weighted by molar-refractivity contribution is 6.61. The predicted octanol–water partition coefficient (Wildman–Crippen LogP) is 1.63. The van der Waals surface area contributed by atoms with E-state index in [2.05, 4.69) is 4.74 Å². The van der Waals surface area contributed by atoms with Crippen LogP contribution in [0.15, 0.2) is 0 Å². The highest BCUT2D eigenvalue weighted by Crippen LogP contribution is 2.14. The van der Waals surface area contributed by atoms with Crippen LogP contribution in [0.4, 0.5) is 4.79 Å². The largest absolute Gasteiger partial charge is 0.500 e. The van der Waals surface area contributed by atoms with Crippen molar-refractivity contribution in [3.05, 3.63) is 0 Å². The van der Waals surface area contributed by atoms with E-state index >= 15 is 0 Å². The number of carbonyl (C=O) groups excluding carboxylic acids is 1. The SMILES string of the molecule is CO[Si](CCCOC(=O)Cl)(OC)OC. The third-order valence-corrected chi connectivity index (χ3v) is 4.72. The predicted molar refractivity (Wildman–Crippen MR) is 53.4 cm³/mol. The molecule has 0 unspecified atom stereocenters. The quantitative estimate of drug-likeness (QED) is 0.386. The lowest BCUT2D eigenvalue weighted by Gasteiger charge is -2.23. The molecule has 0 atom stereocenters. The lowest BCUT2D eigenvalue weighted by molar-refractivity contribution is 0.118. The maximum atomic E-state index is 10.2. The van der Waals surface area contributed by atoms with Crippen LogP contribution in [0, 0.1) is 0 Å². The standard InChI is InChI=1S/C7H15ClO5Si/c1-10-14(11-2,12-3)6-4-5-13-7(8)9/h4-6H2,1-3H3. The first-order valence-corrected chi connectivity index (χ1v) is 6.39. The first-order chi connectivity index (χ1) is 6.60. The average Bonchev–Trinajstić information content (AvgIpc) is 2.19. The second kappa shape index (κ2) is 7.19. The van der Waals surface area contributed by atoms with Crippen molar-refractivity contribution in [3.63, 3.8) is 0 Å². The van der Waals surface area contributed by atoms with Crippen molar-refractivity contribution in [1.29, 1.82) is 0 Å². The number of rotatable bonds is 7. The van der Waals surface area contributed by atoms with Gasteiger partial charge in [-0.1, -0.05) is 0 Å². The fourth-order valence-corrected chi connectivity index (χ4v) is 2.76. The van der Waals surface area contributed by atoms with Gasteiger partial charge in [-0.3, -0.25) is 0 Å². The summed E-state index contributed by atoms with van der Waals surface area (Å²) in [6.07, 6.45) is 0.597. The number of hydrogen-bond donors (Lipinski definition) is 0. The number of ether oxygens (including phenoxy) is 1. The number of halogens is 1. The van der Waals surface area contributed by atoms with Crippen LogP contribution < -0.4 is 0 Å². The van der Waals surface area contributed by atoms with Crippen molar-refractivity contribution in [3.8, 4) is 0 Å². The van der Waals surface area contributed by atoms with Gasteiger partial charge in [0.1, 0.15) is 0 Å². The van der Waals surface area contributed by atoms with Crippen molar-refractivity contribution in [2.45, 2.75) is 12.5 Å². The summed E-state index contributed by atoms with van der Waals surface area (Å²) in [6.45, 7) is 0.243. The minimum atomic E-state index is -2.52. The third-order valence-electron chi connectivity index (χ3n) is 1.78. The Morgan fingerprint density at radius 2 is 1.71 bits per heavy atom. The summed E-state index contributed by atoms with van der Waals surface area (Å²) in [5.74, 6) is 0. The van der Waals surface area contributed by atoms with Crippen LogP contribution in [-0.4, -0.2) is 42.2 Å². The van der Waals surface area contributed by atoms with Gasteiger partial charge in [0.25, 0.3) is 0 Å². The Labute approximate surface area is 89.6 Å². The van der Waals surface area contributed by atoms with Gasteiger partial charge < -0.3 is 18.0 Å². The van der Waals surface area contributed by atoms with E-state index in [1.807, 2.05) is 0 Å². The molecule has 7 heteroatoms. The van der Waals surface area contributed by atoms with Gasteiger partial charge in [-0.15, -0.1) is 0 Å². The Balaban J connectivity index is 3.77. The molecule has 0 saturated carbocycles. The zero-order valence-corrected chi connectivity index (χ0v) is 10.3. The molecule has 0 aromatic heterocycles. The zero-order chi connectivity index (χ0) is 11.0. The summed E-state index contributed by atoms with van der Waals surface area (Å²) in [7, 11) is 2.08. The van der Waals surface area contributed by atoms with E-state index in [-0.39, 0.29) is 6.61 Å². The van der Waals surface area contributed by atoms with E-state index in [4.69, 9.17) is 24.9 Å². The van der Waals surface area contributed by atoms with E-state index < -0.39 is 14.2 Å². The topological polar surface area (TPSA) is 54.0 Å². The highest BCUT2D eigenvalue weighted by Gasteiger charge is 2.36. The van der Waals surface area contributed by atoms with Gasteiger partial charge in [-0.2, -0.15) is 0 Å². The Morgan fingerprint density at radius 1 is 1.21 bits per heavy atom. The van der Waals surface area contributed by atoms with E-state index in [0.29, 0.717) is 12.5 Å². The summed E-state index contributed by atoms with van der Waals surface area (Å²) < 4.78 is 20.0. The van der Waals surface area contributed by atoms with Crippen LogP contribution in [0.5, 0.6) is 0 Å². The molecule has 0 fully saturated rings. The van der Waals surface area contributed by atoms with Gasteiger partial charge in [0, 0.05) is 39.0 Å². The summed E-state index contributed by atoms with van der Waals surface area (Å²) in [5.41, 5.74) is -0.801. The molecule has 0 spiro atoms. The van der Waals surface area contributed by atoms with Gasteiger partial charge in [-0.05, 0) is 6.42 Å². The fraction of sp³-hybridized carbons (Fsp3) is 0.857. The second-order valence-electron chi connectivity index (χ2n) is 2.49. The molecule has 0 saturated heterocycles. The van der Waals surface area contributed by atoms with Crippen molar-refractivity contribution in [2.75, 3.05) is 27.9 Å². The molecule has 0 heterocycles. The lowest BCUT2D eigenvalue weighted by Crippen LogP contribution is -2.42. The molecule has 5 nitrogen and oxygen atoms in total. The van der Waals surface area contributed by atoms with Crippen molar-refractivity contribution in [2.24, 2.45) is 0 Å². The number of carbonyl (C=O) groups is 1. The van der Waals surface area contributed by atoms with E-state index in [1.54, 1.807) is 0 Å². The smallest absolute Gasteiger partial charge is 0.454 e. The molecule has 0 aliphatic carbocycles. The minimum Gasteiger partial charge on any atom is -0.454 e. The molecule has 0 aliphatic heterocycles. The first kappa shape index (κ1) is 13.9. The van der Waals surface area contributed by atoms with Gasteiger partial charge in [0.2, 0.25) is 0 Å². The van der Waals surface area contributed by atoms with E-state index in [0.717, 1.165) is 0 Å². The lowest BCUT2D eigenvalue weighted by atomic mass is 10.5. The molecule has 14 heavy (non-hydrogen) atoms. The van der Waals surface area contributed by atoms with Crippen molar-refractivity contribution < 1.29 is 22.8 Å². The average molecular weight is 243 g/mol. The normalized spacial score (nSPS) is 11.4. The molecule has 0 bridgehead atoms. The van der Waals surface area contributed by atoms with Gasteiger partial charge >= 0.3 is 14.2 Å². The summed E-state index contributed by atoms with van der Waals surface area (Å²) in [6, 6.07) is 0.584. The molecule has 0 amide bonds. The Hall–Kier alpha value is -0.143. The van der Waals surface area contributed by atoms with Crippen LogP contribution in [0.3, 0.4) is 0 Å². The van der Waals surface area contributed by atoms with E-state index in [9.17, 15) is 4.79 Å². The van der Waals surface area contributed by atoms with Crippen LogP contribution in [0.25, 0.3) is 0 Å². The van der Waals surface area contributed by atoms with Gasteiger partial charge in [-0.25, -0.2) is 4.79 Å². The first-order valence-electron chi connectivity index (χ1n) is 4.08. The molecule has 84 valence electrons. The molecule has 0 N–H and O–H groups in total. The third kappa shape index (κ3) is 4.92. The Bertz CT molecular complexity index is 165. The second-order valence-corrected chi connectivity index (χ2v) is 5.88. The molecule has 0 radical (unpaired) electrons. The Morgan fingerprint density at radius 3 is 2.07 bits per heavy atom. The van der Waals surface area contributed by atoms with Gasteiger partial charge in [0.05, 0.1) is 6.61 Å². The van der Waals surface area contributed by atoms with Crippen molar-refractivity contribution >= 4 is 25.8 Å². The monoisotopic (exact) mass is 242 g/mol. The van der Waals surface area contributed by atoms with Crippen molar-refractivity contribution in [1.82, 2.24) is 0 Å². The van der Waals surface area contributed by atoms with Crippen LogP contribution in [0.1, 0.15) is 6.42 Å². The molecular formula is C7H15ClO5Si. The van der Waals surface area contributed by atoms with E-state index in [1.165, 1.54) is 21.3 Å². The maximum Gasteiger partial charge on any atom is 0.500 e. The van der Waals surface area contributed by atoms with Crippen LogP contribution in [0.2, 0.25) is 6.04 Å². The van der Waals surface area contributed by atoms with Crippen LogP contribution >= 0.6 is 11.6 Å². The Kier molecular flexibility index (Phi) is 7.12. The fourth-order valence-electron chi connectivity index (χ4n) is 0.997. The summed E-state index contributed by atoms with van der Waals surface area (Å²) >= 11 is 4.99. The molecule has 0 aromatic carbocycles.